The molecule has 1 rings (SSSR count). The first kappa shape index (κ1) is 12.2. The fraction of sp³-hybridized carbons (Fsp3) is 0.500. The topological polar surface area (TPSA) is 150 Å². The number of carbonyl (C=O) groups is 2. The van der Waals surface area contributed by atoms with Crippen LogP contribution in [0.25, 0.3) is 0 Å². The molecule has 1 unspecified atom stereocenters. The molecule has 1 aliphatic heterocycles. The van der Waals surface area contributed by atoms with E-state index in [1.165, 1.54) is 0 Å². The smallest absolute Gasteiger partial charge is 0.383 e. The molecule has 0 aromatic carbocycles. The highest BCUT2D eigenvalue weighted by molar-refractivity contribution is 7.49. The summed E-state index contributed by atoms with van der Waals surface area (Å²) in [5.41, 5.74) is 4.02. The number of hydrogen-bond acceptors (Lipinski definition) is 4. The van der Waals surface area contributed by atoms with Gasteiger partial charge in [-0.1, -0.05) is 0 Å². The van der Waals surface area contributed by atoms with Gasteiger partial charge in [0.25, 0.3) is 5.91 Å². The summed E-state index contributed by atoms with van der Waals surface area (Å²) in [7, 11) is -4.14. The predicted octanol–water partition coefficient (Wildman–Crippen LogP) is -2.57. The third-order valence-corrected chi connectivity index (χ3v) is 0.944. The summed E-state index contributed by atoms with van der Waals surface area (Å²) >= 11 is 0. The third-order valence-electron chi connectivity index (χ3n) is 0.944. The van der Waals surface area contributed by atoms with Crippen LogP contribution in [0.4, 0.5) is 0 Å². The molecule has 2 amide bonds. The van der Waals surface area contributed by atoms with Crippen LogP contribution in [-0.4, -0.2) is 32.8 Å². The van der Waals surface area contributed by atoms with Crippen LogP contribution in [0.3, 0.4) is 0 Å². The van der Waals surface area contributed by atoms with Crippen LogP contribution in [0.1, 0.15) is 6.42 Å². The van der Waals surface area contributed by atoms with Crippen LogP contribution in [0.15, 0.2) is 0 Å². The lowest BCUT2D eigenvalue weighted by molar-refractivity contribution is -0.127. The van der Waals surface area contributed by atoms with Crippen molar-refractivity contribution in [1.82, 2.24) is 5.32 Å². The van der Waals surface area contributed by atoms with E-state index in [1.807, 2.05) is 5.32 Å². The lowest BCUT2D eigenvalue weighted by Gasteiger charge is -1.88. The number of carbonyl (C=O) groups excluding carboxylic acids is 2. The average Bonchev–Trinajstić information content (AvgIpc) is 2.05. The van der Waals surface area contributed by atoms with Crippen LogP contribution in [0, 0.1) is 0 Å². The molecule has 1 heterocycles. The standard InChI is InChI=1S/C4H5NO3.H4NO3P/c6-2-1-3(7)5-4(2)8;1-5(2,3)4/h2,6H,1H2,(H,5,7,8);(H4,1,2,3,4). The Morgan fingerprint density at radius 2 is 1.85 bits per heavy atom. The Hall–Kier alpha value is -0.790. The fourth-order valence-corrected chi connectivity index (χ4v) is 0.540. The van der Waals surface area contributed by atoms with E-state index < -0.39 is 25.7 Å². The van der Waals surface area contributed by atoms with Crippen molar-refractivity contribution >= 4 is 19.6 Å². The van der Waals surface area contributed by atoms with Crippen LogP contribution < -0.4 is 10.8 Å². The molecule has 76 valence electrons. The average molecular weight is 212 g/mol. The summed E-state index contributed by atoms with van der Waals surface area (Å²) in [4.78, 5) is 35.2. The van der Waals surface area contributed by atoms with Crippen molar-refractivity contribution in [3.05, 3.63) is 0 Å². The summed E-state index contributed by atoms with van der Waals surface area (Å²) in [5, 5.41) is 10.5. The van der Waals surface area contributed by atoms with Gasteiger partial charge >= 0.3 is 7.75 Å². The minimum Gasteiger partial charge on any atom is -0.383 e. The second-order valence-corrected chi connectivity index (χ2v) is 3.40. The first-order valence-electron chi connectivity index (χ1n) is 3.06. The van der Waals surface area contributed by atoms with Crippen molar-refractivity contribution in [3.63, 3.8) is 0 Å². The van der Waals surface area contributed by atoms with Crippen molar-refractivity contribution in [3.8, 4) is 0 Å². The maximum Gasteiger partial charge on any atom is 0.397 e. The van der Waals surface area contributed by atoms with Gasteiger partial charge in [0, 0.05) is 0 Å². The molecule has 0 bridgehead atoms. The number of imide groups is 1. The van der Waals surface area contributed by atoms with Gasteiger partial charge in [-0.3, -0.25) is 14.9 Å². The van der Waals surface area contributed by atoms with E-state index >= 15 is 0 Å². The normalized spacial score (nSPS) is 22.0. The molecular formula is C4H9N2O6P. The van der Waals surface area contributed by atoms with Gasteiger partial charge < -0.3 is 14.9 Å². The van der Waals surface area contributed by atoms with Crippen molar-refractivity contribution in [1.29, 1.82) is 0 Å². The van der Waals surface area contributed by atoms with Gasteiger partial charge in [0.15, 0.2) is 0 Å². The Balaban J connectivity index is 0.000000252. The lowest BCUT2D eigenvalue weighted by Crippen LogP contribution is -2.24. The highest BCUT2D eigenvalue weighted by atomic mass is 31.2. The summed E-state index contributed by atoms with van der Waals surface area (Å²) in [6, 6.07) is 0. The molecule has 0 spiro atoms. The molecule has 9 heteroatoms. The maximum atomic E-state index is 10.2. The molecule has 0 saturated carbocycles. The molecule has 0 radical (unpaired) electrons. The number of aliphatic hydroxyl groups excluding tert-OH is 1. The van der Waals surface area contributed by atoms with E-state index in [4.69, 9.17) is 19.5 Å². The second-order valence-electron chi connectivity index (χ2n) is 2.22. The quantitative estimate of drug-likeness (QED) is 0.219. The zero-order valence-electron chi connectivity index (χ0n) is 6.38. The van der Waals surface area contributed by atoms with Crippen molar-refractivity contribution < 1.29 is 29.0 Å². The summed E-state index contributed by atoms with van der Waals surface area (Å²) in [6.07, 6.45) is -1.19. The van der Waals surface area contributed by atoms with E-state index in [0.717, 1.165) is 0 Å². The number of hydrogen-bond donors (Lipinski definition) is 5. The molecule has 13 heavy (non-hydrogen) atoms. The van der Waals surface area contributed by atoms with Crippen LogP contribution in [0.5, 0.6) is 0 Å². The first-order valence-corrected chi connectivity index (χ1v) is 4.74. The number of nitrogens with two attached hydrogens (primary N) is 1. The van der Waals surface area contributed by atoms with Gasteiger partial charge in [-0.15, -0.1) is 0 Å². The van der Waals surface area contributed by atoms with E-state index in [1.54, 1.807) is 0 Å². The minimum absolute atomic E-state index is 0.0845. The zero-order chi connectivity index (χ0) is 10.6. The SMILES string of the molecule is NP(=O)(O)O.O=C1CC(O)C(=O)N1. The van der Waals surface area contributed by atoms with E-state index in [2.05, 4.69) is 5.50 Å². The molecule has 0 aromatic rings. The monoisotopic (exact) mass is 212 g/mol. The van der Waals surface area contributed by atoms with Crippen LogP contribution >= 0.6 is 7.75 Å². The van der Waals surface area contributed by atoms with E-state index in [-0.39, 0.29) is 6.42 Å². The van der Waals surface area contributed by atoms with Gasteiger partial charge in [0.1, 0.15) is 6.10 Å². The first-order chi connectivity index (χ1) is 5.70. The molecule has 8 nitrogen and oxygen atoms in total. The Morgan fingerprint density at radius 1 is 1.46 bits per heavy atom. The van der Waals surface area contributed by atoms with Gasteiger partial charge in [-0.25, -0.2) is 10.1 Å². The van der Waals surface area contributed by atoms with Crippen LogP contribution in [0.2, 0.25) is 0 Å². The third kappa shape index (κ3) is 7.57. The van der Waals surface area contributed by atoms with E-state index in [0.29, 0.717) is 0 Å². The summed E-state index contributed by atoms with van der Waals surface area (Å²) < 4.78 is 9.10. The number of rotatable bonds is 0. The molecule has 1 saturated heterocycles. The summed E-state index contributed by atoms with van der Waals surface area (Å²) in [5.74, 6) is -0.988. The minimum atomic E-state index is -4.14. The molecule has 0 aromatic heterocycles. The van der Waals surface area contributed by atoms with Gasteiger partial charge in [-0.05, 0) is 0 Å². The lowest BCUT2D eigenvalue weighted by atomic mass is 10.3. The fourth-order valence-electron chi connectivity index (χ4n) is 0.540. The van der Waals surface area contributed by atoms with Gasteiger partial charge in [0.05, 0.1) is 6.42 Å². The van der Waals surface area contributed by atoms with Crippen LogP contribution in [-0.2, 0) is 14.2 Å². The Kier molecular flexibility index (Phi) is 4.18. The van der Waals surface area contributed by atoms with E-state index in [9.17, 15) is 9.59 Å². The molecule has 6 N–H and O–H groups in total. The second kappa shape index (κ2) is 4.45. The van der Waals surface area contributed by atoms with Crippen molar-refractivity contribution in [2.75, 3.05) is 0 Å². The molecular weight excluding hydrogens is 203 g/mol. The van der Waals surface area contributed by atoms with Gasteiger partial charge in [0.2, 0.25) is 5.91 Å². The number of nitrogens with one attached hydrogen (secondary N) is 1. The highest BCUT2D eigenvalue weighted by Crippen LogP contribution is 2.20. The highest BCUT2D eigenvalue weighted by Gasteiger charge is 2.27. The summed E-state index contributed by atoms with van der Waals surface area (Å²) in [6.45, 7) is 0. The molecule has 1 fully saturated rings. The zero-order valence-corrected chi connectivity index (χ0v) is 7.27. The Bertz CT molecular complexity index is 251. The molecule has 1 aliphatic rings. The maximum absolute atomic E-state index is 10.2. The van der Waals surface area contributed by atoms with Crippen molar-refractivity contribution in [2.45, 2.75) is 12.5 Å². The molecule has 0 aliphatic carbocycles. The number of amides is 2. The predicted molar refractivity (Wildman–Crippen MR) is 40.0 cm³/mol. The van der Waals surface area contributed by atoms with Gasteiger partial charge in [-0.2, -0.15) is 0 Å². The van der Waals surface area contributed by atoms with Crippen molar-refractivity contribution in [2.24, 2.45) is 5.50 Å². The Labute approximate surface area is 72.9 Å². The number of aliphatic hydroxyl groups is 1. The Morgan fingerprint density at radius 3 is 1.92 bits per heavy atom. The largest absolute Gasteiger partial charge is 0.397 e. The molecule has 1 atom stereocenters.